The molecule has 0 aromatic rings. The van der Waals surface area contributed by atoms with E-state index in [0.717, 1.165) is 0 Å². The van der Waals surface area contributed by atoms with Gasteiger partial charge in [-0.1, -0.05) is 6.58 Å². The monoisotopic (exact) mass is 123 g/mol. The number of aliphatic hydroxyl groups is 1. The summed E-state index contributed by atoms with van der Waals surface area (Å²) in [6.45, 7) is 3.63. The van der Waals surface area contributed by atoms with Gasteiger partial charge in [-0.25, -0.2) is 0 Å². The first-order valence-corrected chi connectivity index (χ1v) is 2.71. The van der Waals surface area contributed by atoms with E-state index in [2.05, 4.69) is 6.58 Å². The van der Waals surface area contributed by atoms with Crippen molar-refractivity contribution in [2.45, 2.75) is 0 Å². The fraction of sp³-hybridized carbons (Fsp3) is 0.143. The molecule has 0 radical (unpaired) electrons. The van der Waals surface area contributed by atoms with E-state index in [4.69, 9.17) is 5.11 Å². The maximum absolute atomic E-state index is 9.02. The Morgan fingerprint density at radius 3 is 2.78 bits per heavy atom. The lowest BCUT2D eigenvalue weighted by Crippen LogP contribution is -2.12. The Morgan fingerprint density at radius 1 is 1.67 bits per heavy atom. The largest absolute Gasteiger partial charge is 0.506 e. The highest BCUT2D eigenvalue weighted by atomic mass is 16.3. The van der Waals surface area contributed by atoms with E-state index in [0.29, 0.717) is 5.70 Å². The van der Waals surface area contributed by atoms with Crippen molar-refractivity contribution in [2.24, 2.45) is 0 Å². The molecule has 0 fully saturated rings. The summed E-state index contributed by atoms with van der Waals surface area (Å²) in [6.07, 6.45) is 5.22. The Labute approximate surface area is 54.4 Å². The van der Waals surface area contributed by atoms with Gasteiger partial charge in [-0.05, 0) is 12.2 Å². The van der Waals surface area contributed by atoms with Crippen LogP contribution in [0.15, 0.2) is 36.4 Å². The van der Waals surface area contributed by atoms with Crippen molar-refractivity contribution in [3.05, 3.63) is 36.4 Å². The number of nitrogens with zero attached hydrogens (tertiary/aromatic N) is 1. The van der Waals surface area contributed by atoms with E-state index in [1.807, 2.05) is 13.2 Å². The van der Waals surface area contributed by atoms with Gasteiger partial charge in [0, 0.05) is 13.2 Å². The molecule has 1 aliphatic heterocycles. The maximum Gasteiger partial charge on any atom is 0.138 e. The fourth-order valence-electron chi connectivity index (χ4n) is 0.630. The molecule has 0 amide bonds. The zero-order valence-corrected chi connectivity index (χ0v) is 5.33. The number of allylic oxidation sites excluding steroid dienone is 2. The first-order chi connectivity index (χ1) is 4.22. The van der Waals surface area contributed by atoms with Gasteiger partial charge in [0.1, 0.15) is 5.76 Å². The summed E-state index contributed by atoms with van der Waals surface area (Å²) in [5, 5.41) is 9.02. The third-order valence-electron chi connectivity index (χ3n) is 1.29. The Morgan fingerprint density at radius 2 is 2.33 bits per heavy atom. The molecule has 1 N–H and O–H groups in total. The van der Waals surface area contributed by atoms with Gasteiger partial charge in [0.05, 0.1) is 5.70 Å². The smallest absolute Gasteiger partial charge is 0.138 e. The molecule has 1 heterocycles. The molecule has 1 aliphatic rings. The van der Waals surface area contributed by atoms with Crippen LogP contribution in [0.4, 0.5) is 0 Å². The second-order valence-electron chi connectivity index (χ2n) is 1.95. The summed E-state index contributed by atoms with van der Waals surface area (Å²) in [6, 6.07) is 0. The quantitative estimate of drug-likeness (QED) is 0.526. The highest BCUT2D eigenvalue weighted by molar-refractivity contribution is 5.29. The van der Waals surface area contributed by atoms with Crippen LogP contribution in [-0.4, -0.2) is 17.1 Å². The molecule has 0 aromatic heterocycles. The lowest BCUT2D eigenvalue weighted by molar-refractivity contribution is 0.383. The highest BCUT2D eigenvalue weighted by Crippen LogP contribution is 2.12. The van der Waals surface area contributed by atoms with Crippen LogP contribution in [0.5, 0.6) is 0 Å². The van der Waals surface area contributed by atoms with Crippen molar-refractivity contribution >= 4 is 0 Å². The lowest BCUT2D eigenvalue weighted by atomic mass is 10.3. The van der Waals surface area contributed by atoms with Gasteiger partial charge in [-0.2, -0.15) is 0 Å². The molecule has 0 aromatic carbocycles. The van der Waals surface area contributed by atoms with Crippen LogP contribution in [-0.2, 0) is 0 Å². The summed E-state index contributed by atoms with van der Waals surface area (Å²) in [7, 11) is 1.84. The molecular formula is C7H9NO. The Kier molecular flexibility index (Phi) is 1.30. The Bertz CT molecular complexity index is 191. The predicted octanol–water partition coefficient (Wildman–Crippen LogP) is 1.40. The number of aliphatic hydroxyl groups excluding tert-OH is 1. The van der Waals surface area contributed by atoms with Crippen molar-refractivity contribution in [3.63, 3.8) is 0 Å². The van der Waals surface area contributed by atoms with Crippen LogP contribution < -0.4 is 0 Å². The summed E-state index contributed by atoms with van der Waals surface area (Å²) in [5.74, 6) is 0.236. The number of hydrogen-bond acceptors (Lipinski definition) is 2. The Hall–Kier alpha value is -1.18. The van der Waals surface area contributed by atoms with Gasteiger partial charge in [0.25, 0.3) is 0 Å². The van der Waals surface area contributed by atoms with Crippen LogP contribution in [0.1, 0.15) is 0 Å². The van der Waals surface area contributed by atoms with Crippen LogP contribution >= 0.6 is 0 Å². The van der Waals surface area contributed by atoms with Crippen molar-refractivity contribution < 1.29 is 5.11 Å². The average Bonchev–Trinajstić information content (AvgIpc) is 1.83. The zero-order chi connectivity index (χ0) is 6.85. The fourth-order valence-corrected chi connectivity index (χ4v) is 0.630. The number of rotatable bonds is 0. The van der Waals surface area contributed by atoms with Crippen molar-refractivity contribution in [1.82, 2.24) is 4.90 Å². The van der Waals surface area contributed by atoms with Crippen LogP contribution in [0.3, 0.4) is 0 Å². The highest BCUT2D eigenvalue weighted by Gasteiger charge is 2.05. The van der Waals surface area contributed by atoms with Gasteiger partial charge in [0.15, 0.2) is 0 Å². The molecule has 0 spiro atoms. The molecule has 48 valence electrons. The van der Waals surface area contributed by atoms with Gasteiger partial charge in [-0.15, -0.1) is 0 Å². The van der Waals surface area contributed by atoms with E-state index in [9.17, 15) is 0 Å². The van der Waals surface area contributed by atoms with Gasteiger partial charge in [0.2, 0.25) is 0 Å². The summed E-state index contributed by atoms with van der Waals surface area (Å²) < 4.78 is 0. The number of likely N-dealkylation sites (N-methyl/N-ethyl adjacent to an activating group) is 1. The standard InChI is InChI=1S/C7H9NO/c1-6-7(9)4-3-5-8(6)2/h3-5,9H,1H2,2H3. The minimum Gasteiger partial charge on any atom is -0.506 e. The van der Waals surface area contributed by atoms with Crippen LogP contribution in [0.2, 0.25) is 0 Å². The van der Waals surface area contributed by atoms with Crippen LogP contribution in [0, 0.1) is 0 Å². The molecule has 1 rings (SSSR count). The second-order valence-corrected chi connectivity index (χ2v) is 1.95. The minimum absolute atomic E-state index is 0.236. The topological polar surface area (TPSA) is 23.5 Å². The third-order valence-corrected chi connectivity index (χ3v) is 1.29. The van der Waals surface area contributed by atoms with Gasteiger partial charge >= 0.3 is 0 Å². The molecule has 0 aliphatic carbocycles. The normalized spacial score (nSPS) is 18.1. The molecular weight excluding hydrogens is 114 g/mol. The molecule has 0 bridgehead atoms. The SMILES string of the molecule is C=C1C(O)=CC=CN1C. The molecule has 0 saturated heterocycles. The third kappa shape index (κ3) is 0.964. The van der Waals surface area contributed by atoms with E-state index >= 15 is 0 Å². The summed E-state index contributed by atoms with van der Waals surface area (Å²) >= 11 is 0. The maximum atomic E-state index is 9.02. The summed E-state index contributed by atoms with van der Waals surface area (Å²) in [4.78, 5) is 1.76. The van der Waals surface area contributed by atoms with Gasteiger partial charge in [-0.3, -0.25) is 0 Å². The molecule has 0 atom stereocenters. The van der Waals surface area contributed by atoms with Crippen molar-refractivity contribution in [3.8, 4) is 0 Å². The first kappa shape index (κ1) is 5.95. The van der Waals surface area contributed by atoms with E-state index < -0.39 is 0 Å². The van der Waals surface area contributed by atoms with Crippen LogP contribution in [0.25, 0.3) is 0 Å². The second kappa shape index (κ2) is 1.97. The van der Waals surface area contributed by atoms with Gasteiger partial charge < -0.3 is 10.0 Å². The van der Waals surface area contributed by atoms with E-state index in [1.54, 1.807) is 17.1 Å². The first-order valence-electron chi connectivity index (χ1n) is 2.71. The molecule has 0 saturated carbocycles. The van der Waals surface area contributed by atoms with Crippen molar-refractivity contribution in [2.75, 3.05) is 7.05 Å². The molecule has 2 nitrogen and oxygen atoms in total. The predicted molar refractivity (Wildman–Crippen MR) is 36.8 cm³/mol. The average molecular weight is 123 g/mol. The number of hydrogen-bond donors (Lipinski definition) is 1. The Balaban J connectivity index is 2.86. The van der Waals surface area contributed by atoms with E-state index in [1.165, 1.54) is 0 Å². The summed E-state index contributed by atoms with van der Waals surface area (Å²) in [5.41, 5.74) is 0.637. The van der Waals surface area contributed by atoms with Crippen molar-refractivity contribution in [1.29, 1.82) is 0 Å². The van der Waals surface area contributed by atoms with E-state index in [-0.39, 0.29) is 5.76 Å². The zero-order valence-electron chi connectivity index (χ0n) is 5.33. The molecule has 2 heteroatoms. The molecule has 0 unspecified atom stereocenters. The molecule has 9 heavy (non-hydrogen) atoms. The minimum atomic E-state index is 0.236. The lowest BCUT2D eigenvalue weighted by Gasteiger charge is -2.18.